The molecule has 1 aromatic heterocycles. The number of hydrogen-bond acceptors (Lipinski definition) is 3. The second kappa shape index (κ2) is 4.85. The highest BCUT2D eigenvalue weighted by molar-refractivity contribution is 5.70. The van der Waals surface area contributed by atoms with Crippen LogP contribution in [0.3, 0.4) is 0 Å². The molecule has 1 fully saturated rings. The molecule has 0 bridgehead atoms. The van der Waals surface area contributed by atoms with Crippen molar-refractivity contribution in [3.05, 3.63) is 12.2 Å². The van der Waals surface area contributed by atoms with Crippen LogP contribution in [0, 0.1) is 17.8 Å². The van der Waals surface area contributed by atoms with Crippen LogP contribution in [0.15, 0.2) is 6.33 Å². The molecule has 0 saturated heterocycles. The molecule has 94 valence electrons. The van der Waals surface area contributed by atoms with Crippen molar-refractivity contribution < 1.29 is 9.90 Å². The van der Waals surface area contributed by atoms with Gasteiger partial charge < -0.3 is 5.11 Å². The van der Waals surface area contributed by atoms with Crippen LogP contribution in [0.5, 0.6) is 0 Å². The fourth-order valence-electron chi connectivity index (χ4n) is 2.79. The summed E-state index contributed by atoms with van der Waals surface area (Å²) in [6, 6.07) is 0. The fourth-order valence-corrected chi connectivity index (χ4v) is 2.79. The molecule has 5 nitrogen and oxygen atoms in total. The van der Waals surface area contributed by atoms with Crippen LogP contribution in [0.2, 0.25) is 0 Å². The van der Waals surface area contributed by atoms with Crippen LogP contribution >= 0.6 is 0 Å². The lowest BCUT2D eigenvalue weighted by Gasteiger charge is -2.32. The number of hydrogen-bond donors (Lipinski definition) is 1. The summed E-state index contributed by atoms with van der Waals surface area (Å²) in [5, 5.41) is 13.3. The molecule has 1 aliphatic rings. The summed E-state index contributed by atoms with van der Waals surface area (Å²) < 4.78 is 1.73. The Bertz CT molecular complexity index is 402. The van der Waals surface area contributed by atoms with Gasteiger partial charge in [-0.2, -0.15) is 5.10 Å². The van der Waals surface area contributed by atoms with Crippen LogP contribution in [0.25, 0.3) is 0 Å². The molecule has 0 spiro atoms. The van der Waals surface area contributed by atoms with E-state index in [-0.39, 0.29) is 11.8 Å². The van der Waals surface area contributed by atoms with Crippen LogP contribution in [-0.4, -0.2) is 25.8 Å². The normalized spacial score (nSPS) is 29.2. The molecule has 3 unspecified atom stereocenters. The molecule has 17 heavy (non-hydrogen) atoms. The Morgan fingerprint density at radius 2 is 2.35 bits per heavy atom. The maximum atomic E-state index is 11.2. The van der Waals surface area contributed by atoms with E-state index >= 15 is 0 Å². The zero-order valence-electron chi connectivity index (χ0n) is 10.3. The highest BCUT2D eigenvalue weighted by Crippen LogP contribution is 2.35. The smallest absolute Gasteiger partial charge is 0.306 e. The second-order valence-electron chi connectivity index (χ2n) is 5.13. The minimum absolute atomic E-state index is 0.194. The first kappa shape index (κ1) is 12.1. The highest BCUT2D eigenvalue weighted by Gasteiger charge is 2.34. The minimum Gasteiger partial charge on any atom is -0.481 e. The highest BCUT2D eigenvalue weighted by atomic mass is 16.4. The molecule has 1 saturated carbocycles. The van der Waals surface area contributed by atoms with Gasteiger partial charge in [0.2, 0.25) is 0 Å². The van der Waals surface area contributed by atoms with E-state index in [0.717, 1.165) is 31.5 Å². The van der Waals surface area contributed by atoms with E-state index in [0.29, 0.717) is 5.92 Å². The van der Waals surface area contributed by atoms with Gasteiger partial charge in [-0.3, -0.25) is 9.48 Å². The van der Waals surface area contributed by atoms with E-state index in [1.165, 1.54) is 6.33 Å². The number of carboxylic acid groups (broad SMARTS) is 1. The van der Waals surface area contributed by atoms with Gasteiger partial charge in [-0.25, -0.2) is 4.98 Å². The summed E-state index contributed by atoms with van der Waals surface area (Å²) in [5.41, 5.74) is 0. The third-order valence-corrected chi connectivity index (χ3v) is 3.81. The molecule has 3 atom stereocenters. The van der Waals surface area contributed by atoms with Gasteiger partial charge in [0, 0.05) is 13.5 Å². The topological polar surface area (TPSA) is 68.0 Å². The predicted molar refractivity (Wildman–Crippen MR) is 62.3 cm³/mol. The van der Waals surface area contributed by atoms with E-state index in [1.54, 1.807) is 4.68 Å². The Morgan fingerprint density at radius 1 is 1.59 bits per heavy atom. The summed E-state index contributed by atoms with van der Waals surface area (Å²) >= 11 is 0. The standard InChI is InChI=1S/C12H19N3O2/c1-8-3-4-10(12(16)17)9(5-8)6-11-13-7-14-15(11)2/h7-10H,3-6H2,1-2H3,(H,16,17). The van der Waals surface area contributed by atoms with Gasteiger partial charge in [-0.05, 0) is 31.1 Å². The van der Waals surface area contributed by atoms with Gasteiger partial charge in [0.1, 0.15) is 12.2 Å². The van der Waals surface area contributed by atoms with Gasteiger partial charge in [-0.1, -0.05) is 6.92 Å². The Labute approximate surface area is 101 Å². The summed E-state index contributed by atoms with van der Waals surface area (Å²) in [6.45, 7) is 2.20. The number of aromatic nitrogens is 3. The third kappa shape index (κ3) is 2.65. The summed E-state index contributed by atoms with van der Waals surface area (Å²) in [6.07, 6.45) is 5.03. The van der Waals surface area contributed by atoms with E-state index in [1.807, 2.05) is 7.05 Å². The molecule has 1 N–H and O–H groups in total. The average Bonchev–Trinajstić information content (AvgIpc) is 2.64. The van der Waals surface area contributed by atoms with E-state index in [4.69, 9.17) is 0 Å². The maximum absolute atomic E-state index is 11.2. The predicted octanol–water partition coefficient (Wildman–Crippen LogP) is 1.49. The monoisotopic (exact) mass is 237 g/mol. The van der Waals surface area contributed by atoms with Crippen molar-refractivity contribution in [2.24, 2.45) is 24.8 Å². The molecule has 0 aromatic carbocycles. The van der Waals surface area contributed by atoms with Crippen molar-refractivity contribution >= 4 is 5.97 Å². The van der Waals surface area contributed by atoms with E-state index < -0.39 is 5.97 Å². The molecule has 0 radical (unpaired) electrons. The Hall–Kier alpha value is -1.39. The molecule has 0 aliphatic heterocycles. The van der Waals surface area contributed by atoms with Crippen LogP contribution in [-0.2, 0) is 18.3 Å². The van der Waals surface area contributed by atoms with Gasteiger partial charge >= 0.3 is 5.97 Å². The molecule has 1 aliphatic carbocycles. The lowest BCUT2D eigenvalue weighted by molar-refractivity contribution is -0.145. The average molecular weight is 237 g/mol. The Kier molecular flexibility index (Phi) is 3.45. The zero-order valence-corrected chi connectivity index (χ0v) is 10.3. The molecule has 1 aromatic rings. The first-order valence-electron chi connectivity index (χ1n) is 6.13. The second-order valence-corrected chi connectivity index (χ2v) is 5.13. The minimum atomic E-state index is -0.663. The Morgan fingerprint density at radius 3 is 2.94 bits per heavy atom. The van der Waals surface area contributed by atoms with Crippen molar-refractivity contribution in [1.82, 2.24) is 14.8 Å². The molecular formula is C12H19N3O2. The van der Waals surface area contributed by atoms with Crippen molar-refractivity contribution in [3.8, 4) is 0 Å². The zero-order chi connectivity index (χ0) is 12.4. The van der Waals surface area contributed by atoms with Gasteiger partial charge in [-0.15, -0.1) is 0 Å². The first-order valence-corrected chi connectivity index (χ1v) is 6.13. The molecule has 5 heteroatoms. The first-order chi connectivity index (χ1) is 8.08. The maximum Gasteiger partial charge on any atom is 0.306 e. The third-order valence-electron chi connectivity index (χ3n) is 3.81. The van der Waals surface area contributed by atoms with E-state index in [2.05, 4.69) is 17.0 Å². The summed E-state index contributed by atoms with van der Waals surface area (Å²) in [5.74, 6) is 0.810. The largest absolute Gasteiger partial charge is 0.481 e. The molecule has 2 rings (SSSR count). The molecule has 1 heterocycles. The summed E-state index contributed by atoms with van der Waals surface area (Å²) in [7, 11) is 1.85. The lowest BCUT2D eigenvalue weighted by atomic mass is 9.73. The van der Waals surface area contributed by atoms with Gasteiger partial charge in [0.15, 0.2) is 0 Å². The SMILES string of the molecule is CC1CCC(C(=O)O)C(Cc2ncnn2C)C1. The number of nitrogens with zero attached hydrogens (tertiary/aromatic N) is 3. The van der Waals surface area contributed by atoms with Crippen LogP contribution in [0.1, 0.15) is 32.0 Å². The van der Waals surface area contributed by atoms with Crippen molar-refractivity contribution in [2.45, 2.75) is 32.6 Å². The number of aliphatic carboxylic acids is 1. The fraction of sp³-hybridized carbons (Fsp3) is 0.750. The van der Waals surface area contributed by atoms with Crippen molar-refractivity contribution in [2.75, 3.05) is 0 Å². The summed E-state index contributed by atoms with van der Waals surface area (Å²) in [4.78, 5) is 15.4. The Balaban J connectivity index is 2.10. The van der Waals surface area contributed by atoms with Crippen LogP contribution in [0.4, 0.5) is 0 Å². The number of aryl methyl sites for hydroxylation is 1. The van der Waals surface area contributed by atoms with Crippen LogP contribution < -0.4 is 0 Å². The number of rotatable bonds is 3. The molecule has 0 amide bonds. The van der Waals surface area contributed by atoms with Crippen molar-refractivity contribution in [3.63, 3.8) is 0 Å². The number of carboxylic acids is 1. The quantitative estimate of drug-likeness (QED) is 0.865. The van der Waals surface area contributed by atoms with E-state index in [9.17, 15) is 9.90 Å². The van der Waals surface area contributed by atoms with Gasteiger partial charge in [0.25, 0.3) is 0 Å². The number of carbonyl (C=O) groups is 1. The molecular weight excluding hydrogens is 218 g/mol. The lowest BCUT2D eigenvalue weighted by Crippen LogP contribution is -2.31. The van der Waals surface area contributed by atoms with Gasteiger partial charge in [0.05, 0.1) is 5.92 Å². The van der Waals surface area contributed by atoms with Crippen molar-refractivity contribution in [1.29, 1.82) is 0 Å².